The lowest BCUT2D eigenvalue weighted by Crippen LogP contribution is -2.36. The first-order valence-corrected chi connectivity index (χ1v) is 8.30. The van der Waals surface area contributed by atoms with Crippen molar-refractivity contribution in [2.24, 2.45) is 5.92 Å². The van der Waals surface area contributed by atoms with Crippen molar-refractivity contribution >= 4 is 22.9 Å². The summed E-state index contributed by atoms with van der Waals surface area (Å²) >= 11 is 7.52. The Hall–Kier alpha value is -0.120. The van der Waals surface area contributed by atoms with E-state index in [0.717, 1.165) is 30.6 Å². The van der Waals surface area contributed by atoms with Gasteiger partial charge in [0.1, 0.15) is 0 Å². The number of halogens is 1. The Morgan fingerprint density at radius 3 is 3.00 bits per heavy atom. The van der Waals surface area contributed by atoms with Crippen LogP contribution in [-0.4, -0.2) is 29.5 Å². The van der Waals surface area contributed by atoms with Crippen LogP contribution in [-0.2, 0) is 12.3 Å². The first-order valence-electron chi connectivity index (χ1n) is 6.88. The van der Waals surface area contributed by atoms with Gasteiger partial charge < -0.3 is 4.90 Å². The summed E-state index contributed by atoms with van der Waals surface area (Å²) in [6.45, 7) is 3.50. The van der Waals surface area contributed by atoms with Crippen LogP contribution in [0.15, 0.2) is 5.38 Å². The lowest BCUT2D eigenvalue weighted by molar-refractivity contribution is 0.165. The zero-order chi connectivity index (χ0) is 13.0. The van der Waals surface area contributed by atoms with E-state index in [2.05, 4.69) is 29.2 Å². The molecule has 0 saturated heterocycles. The van der Waals surface area contributed by atoms with Crippen molar-refractivity contribution in [1.82, 2.24) is 9.88 Å². The van der Waals surface area contributed by atoms with Crippen LogP contribution in [0, 0.1) is 5.92 Å². The highest BCUT2D eigenvalue weighted by Crippen LogP contribution is 2.26. The fourth-order valence-corrected chi connectivity index (χ4v) is 3.80. The summed E-state index contributed by atoms with van der Waals surface area (Å²) in [6.07, 6.45) is 6.59. The molecule has 0 N–H and O–H groups in total. The van der Waals surface area contributed by atoms with E-state index < -0.39 is 0 Å². The monoisotopic (exact) mass is 286 g/mol. The Kier molecular flexibility index (Phi) is 5.46. The maximum Gasteiger partial charge on any atom is 0.0941 e. The van der Waals surface area contributed by atoms with Crippen molar-refractivity contribution in [3.8, 4) is 0 Å². The van der Waals surface area contributed by atoms with Gasteiger partial charge in [0, 0.05) is 24.4 Å². The number of alkyl halides is 1. The van der Waals surface area contributed by atoms with Gasteiger partial charge in [0.25, 0.3) is 0 Å². The van der Waals surface area contributed by atoms with Crippen molar-refractivity contribution < 1.29 is 0 Å². The molecule has 0 bridgehead atoms. The predicted octanol–water partition coefficient (Wildman–Crippen LogP) is 3.93. The molecule has 102 valence electrons. The Morgan fingerprint density at radius 2 is 2.33 bits per heavy atom. The van der Waals surface area contributed by atoms with Crippen molar-refractivity contribution in [2.75, 3.05) is 13.6 Å². The Morgan fingerprint density at radius 1 is 1.50 bits per heavy atom. The molecular formula is C14H23ClN2S. The second-order valence-corrected chi connectivity index (χ2v) is 6.73. The van der Waals surface area contributed by atoms with E-state index in [9.17, 15) is 0 Å². The highest BCUT2D eigenvalue weighted by molar-refractivity contribution is 7.09. The third-order valence-electron chi connectivity index (χ3n) is 3.95. The number of nitrogens with zero attached hydrogens (tertiary/aromatic N) is 2. The van der Waals surface area contributed by atoms with Gasteiger partial charge in [-0.1, -0.05) is 19.8 Å². The molecule has 1 fully saturated rings. The minimum absolute atomic E-state index is 0.534. The van der Waals surface area contributed by atoms with Crippen molar-refractivity contribution in [3.63, 3.8) is 0 Å². The van der Waals surface area contributed by atoms with Gasteiger partial charge in [0.05, 0.1) is 16.6 Å². The Bertz CT molecular complexity index is 366. The van der Waals surface area contributed by atoms with Crippen LogP contribution in [0.25, 0.3) is 0 Å². The molecule has 0 aliphatic heterocycles. The fraction of sp³-hybridized carbons (Fsp3) is 0.786. The van der Waals surface area contributed by atoms with Crippen molar-refractivity contribution in [3.05, 3.63) is 16.1 Å². The van der Waals surface area contributed by atoms with E-state index in [-0.39, 0.29) is 0 Å². The van der Waals surface area contributed by atoms with Gasteiger partial charge in [-0.05, 0) is 25.8 Å². The summed E-state index contributed by atoms with van der Waals surface area (Å²) in [4.78, 5) is 7.05. The van der Waals surface area contributed by atoms with E-state index in [1.165, 1.54) is 30.7 Å². The SMILES string of the molecule is CC1CCCC(N(C)CCc2nc(CCl)cs2)C1. The summed E-state index contributed by atoms with van der Waals surface area (Å²) in [5.41, 5.74) is 1.02. The van der Waals surface area contributed by atoms with Crippen molar-refractivity contribution in [1.29, 1.82) is 0 Å². The van der Waals surface area contributed by atoms with E-state index in [1.54, 1.807) is 11.3 Å². The van der Waals surface area contributed by atoms with E-state index in [4.69, 9.17) is 11.6 Å². The first kappa shape index (κ1) is 14.3. The minimum atomic E-state index is 0.534. The normalized spacial score (nSPS) is 24.7. The summed E-state index contributed by atoms with van der Waals surface area (Å²) in [5, 5.41) is 3.30. The number of hydrogen-bond donors (Lipinski definition) is 0. The molecule has 1 aromatic rings. The molecule has 1 aliphatic rings. The third kappa shape index (κ3) is 3.94. The van der Waals surface area contributed by atoms with Gasteiger partial charge in [-0.2, -0.15) is 0 Å². The molecule has 1 aliphatic carbocycles. The average molecular weight is 287 g/mol. The van der Waals surface area contributed by atoms with Crippen LogP contribution in [0.5, 0.6) is 0 Å². The van der Waals surface area contributed by atoms with Gasteiger partial charge in [0.2, 0.25) is 0 Å². The quantitative estimate of drug-likeness (QED) is 0.762. The molecule has 0 spiro atoms. The largest absolute Gasteiger partial charge is 0.303 e. The second-order valence-electron chi connectivity index (χ2n) is 5.52. The number of thiazole rings is 1. The van der Waals surface area contributed by atoms with Gasteiger partial charge in [-0.15, -0.1) is 22.9 Å². The molecule has 0 amide bonds. The Labute approximate surface area is 119 Å². The van der Waals surface area contributed by atoms with Crippen LogP contribution in [0.2, 0.25) is 0 Å². The molecule has 1 aromatic heterocycles. The molecule has 4 heteroatoms. The second kappa shape index (κ2) is 6.88. The molecule has 2 nitrogen and oxygen atoms in total. The maximum atomic E-state index is 5.77. The maximum absolute atomic E-state index is 5.77. The van der Waals surface area contributed by atoms with Crippen LogP contribution < -0.4 is 0 Å². The average Bonchev–Trinajstić information content (AvgIpc) is 2.84. The number of rotatable bonds is 5. The molecule has 1 saturated carbocycles. The minimum Gasteiger partial charge on any atom is -0.303 e. The smallest absolute Gasteiger partial charge is 0.0941 e. The number of likely N-dealkylation sites (N-methyl/N-ethyl adjacent to an activating group) is 1. The Balaban J connectivity index is 1.78. The lowest BCUT2D eigenvalue weighted by atomic mass is 9.86. The highest BCUT2D eigenvalue weighted by atomic mass is 35.5. The van der Waals surface area contributed by atoms with Gasteiger partial charge >= 0.3 is 0 Å². The fourth-order valence-electron chi connectivity index (χ4n) is 2.78. The number of aromatic nitrogens is 1. The summed E-state index contributed by atoms with van der Waals surface area (Å²) in [7, 11) is 2.26. The molecule has 2 rings (SSSR count). The van der Waals surface area contributed by atoms with E-state index in [1.807, 2.05) is 0 Å². The lowest BCUT2D eigenvalue weighted by Gasteiger charge is -2.34. The van der Waals surface area contributed by atoms with E-state index in [0.29, 0.717) is 5.88 Å². The molecule has 2 unspecified atom stereocenters. The van der Waals surface area contributed by atoms with E-state index >= 15 is 0 Å². The molecular weight excluding hydrogens is 264 g/mol. The zero-order valence-corrected chi connectivity index (χ0v) is 12.9. The van der Waals surface area contributed by atoms with Crippen LogP contribution in [0.1, 0.15) is 43.3 Å². The van der Waals surface area contributed by atoms with Gasteiger partial charge in [-0.25, -0.2) is 4.98 Å². The predicted molar refractivity (Wildman–Crippen MR) is 79.4 cm³/mol. The van der Waals surface area contributed by atoms with Crippen LogP contribution in [0.3, 0.4) is 0 Å². The molecule has 1 heterocycles. The van der Waals surface area contributed by atoms with Crippen molar-refractivity contribution in [2.45, 2.75) is 50.9 Å². The molecule has 0 radical (unpaired) electrons. The standard InChI is InChI=1S/C14H23ClN2S/c1-11-4-3-5-13(8-11)17(2)7-6-14-16-12(9-15)10-18-14/h10-11,13H,3-9H2,1-2H3. The topological polar surface area (TPSA) is 16.1 Å². The first-order chi connectivity index (χ1) is 8.69. The van der Waals surface area contributed by atoms with Crippen LogP contribution >= 0.6 is 22.9 Å². The zero-order valence-electron chi connectivity index (χ0n) is 11.4. The molecule has 2 atom stereocenters. The summed E-state index contributed by atoms with van der Waals surface area (Å²) in [5.74, 6) is 1.43. The molecule has 18 heavy (non-hydrogen) atoms. The molecule has 0 aromatic carbocycles. The summed E-state index contributed by atoms with van der Waals surface area (Å²) in [6, 6.07) is 0.779. The number of hydrogen-bond acceptors (Lipinski definition) is 3. The van der Waals surface area contributed by atoms with Crippen LogP contribution in [0.4, 0.5) is 0 Å². The van der Waals surface area contributed by atoms with Gasteiger partial charge in [0.15, 0.2) is 0 Å². The summed E-state index contributed by atoms with van der Waals surface area (Å²) < 4.78 is 0. The van der Waals surface area contributed by atoms with Gasteiger partial charge in [-0.3, -0.25) is 0 Å². The highest BCUT2D eigenvalue weighted by Gasteiger charge is 2.22. The third-order valence-corrected chi connectivity index (χ3v) is 5.18.